The fourth-order valence-electron chi connectivity index (χ4n) is 5.46. The molecule has 0 atom stereocenters. The molecule has 0 amide bonds. The standard InChI is InChI=1S/C17H32N2/c1-13(2)19-5-3-4-18-12-17-9-14-6-15(10-17)8-16(7-14)11-17/h13-16,18-19H,3-12H2,1-2H3. The molecule has 19 heavy (non-hydrogen) atoms. The SMILES string of the molecule is CC(C)NCCCNCC12CC3CC(CC(C3)C1)C2. The van der Waals surface area contributed by atoms with Crippen molar-refractivity contribution in [3.8, 4) is 0 Å². The van der Waals surface area contributed by atoms with Gasteiger partial charge in [-0.15, -0.1) is 0 Å². The molecule has 110 valence electrons. The highest BCUT2D eigenvalue weighted by atomic mass is 14.9. The minimum atomic E-state index is 0.628. The minimum absolute atomic E-state index is 0.628. The Labute approximate surface area is 119 Å². The summed E-state index contributed by atoms with van der Waals surface area (Å²) in [5, 5.41) is 7.28. The van der Waals surface area contributed by atoms with Crippen molar-refractivity contribution in [1.29, 1.82) is 0 Å². The molecule has 0 aromatic rings. The second kappa shape index (κ2) is 5.73. The number of nitrogens with one attached hydrogen (secondary N) is 2. The summed E-state index contributed by atoms with van der Waals surface area (Å²) >= 11 is 0. The first-order valence-corrected chi connectivity index (χ1v) is 8.59. The van der Waals surface area contributed by atoms with E-state index >= 15 is 0 Å². The zero-order chi connectivity index (χ0) is 13.3. The molecule has 0 heterocycles. The van der Waals surface area contributed by atoms with Crippen molar-refractivity contribution in [2.75, 3.05) is 19.6 Å². The highest BCUT2D eigenvalue weighted by molar-refractivity contribution is 5.02. The third kappa shape index (κ3) is 3.33. The Morgan fingerprint density at radius 1 is 0.947 bits per heavy atom. The van der Waals surface area contributed by atoms with Gasteiger partial charge in [0.2, 0.25) is 0 Å². The van der Waals surface area contributed by atoms with Gasteiger partial charge in [0.05, 0.1) is 0 Å². The van der Waals surface area contributed by atoms with E-state index in [9.17, 15) is 0 Å². The van der Waals surface area contributed by atoms with Crippen LogP contribution in [0.2, 0.25) is 0 Å². The van der Waals surface area contributed by atoms with Crippen LogP contribution in [0.1, 0.15) is 58.8 Å². The van der Waals surface area contributed by atoms with Gasteiger partial charge >= 0.3 is 0 Å². The lowest BCUT2D eigenvalue weighted by Gasteiger charge is -2.57. The van der Waals surface area contributed by atoms with Crippen LogP contribution in [0.25, 0.3) is 0 Å². The van der Waals surface area contributed by atoms with E-state index in [0.29, 0.717) is 11.5 Å². The van der Waals surface area contributed by atoms with Gasteiger partial charge in [-0.05, 0) is 81.2 Å². The summed E-state index contributed by atoms with van der Waals surface area (Å²) in [6.07, 6.45) is 10.6. The Kier molecular flexibility index (Phi) is 4.19. The number of hydrogen-bond acceptors (Lipinski definition) is 2. The Morgan fingerprint density at radius 3 is 2.05 bits per heavy atom. The second-order valence-corrected chi connectivity index (χ2v) is 8.06. The summed E-state index contributed by atoms with van der Waals surface area (Å²) in [7, 11) is 0. The smallest absolute Gasteiger partial charge is 0.00103 e. The average Bonchev–Trinajstić information content (AvgIpc) is 2.31. The molecular formula is C17H32N2. The van der Waals surface area contributed by atoms with Gasteiger partial charge in [0, 0.05) is 12.6 Å². The fraction of sp³-hybridized carbons (Fsp3) is 1.00. The molecule has 2 heteroatoms. The van der Waals surface area contributed by atoms with Crippen LogP contribution in [-0.4, -0.2) is 25.7 Å². The van der Waals surface area contributed by atoms with E-state index in [-0.39, 0.29) is 0 Å². The van der Waals surface area contributed by atoms with E-state index in [1.807, 2.05) is 0 Å². The molecule has 4 saturated carbocycles. The maximum absolute atomic E-state index is 3.78. The van der Waals surface area contributed by atoms with Crippen LogP contribution in [0.3, 0.4) is 0 Å². The lowest BCUT2D eigenvalue weighted by molar-refractivity contribution is -0.0511. The highest BCUT2D eigenvalue weighted by Gasteiger charge is 2.50. The predicted octanol–water partition coefficient (Wildman–Crippen LogP) is 3.18. The van der Waals surface area contributed by atoms with Crippen molar-refractivity contribution in [2.45, 2.75) is 64.8 Å². The Morgan fingerprint density at radius 2 is 1.53 bits per heavy atom. The van der Waals surface area contributed by atoms with Crippen LogP contribution in [0.15, 0.2) is 0 Å². The van der Waals surface area contributed by atoms with E-state index in [0.717, 1.165) is 24.3 Å². The highest BCUT2D eigenvalue weighted by Crippen LogP contribution is 2.59. The topological polar surface area (TPSA) is 24.1 Å². The quantitative estimate of drug-likeness (QED) is 0.690. The zero-order valence-corrected chi connectivity index (χ0v) is 12.9. The first-order valence-electron chi connectivity index (χ1n) is 8.59. The molecule has 0 aliphatic heterocycles. The Hall–Kier alpha value is -0.0800. The summed E-state index contributed by atoms with van der Waals surface area (Å²) in [4.78, 5) is 0. The molecule has 4 fully saturated rings. The van der Waals surface area contributed by atoms with Gasteiger partial charge in [-0.3, -0.25) is 0 Å². The Bertz CT molecular complexity index is 262. The molecule has 0 aromatic carbocycles. The maximum Gasteiger partial charge on any atom is 0.00103 e. The van der Waals surface area contributed by atoms with Crippen molar-refractivity contribution < 1.29 is 0 Å². The molecule has 4 aliphatic carbocycles. The van der Waals surface area contributed by atoms with Crippen molar-refractivity contribution >= 4 is 0 Å². The Balaban J connectivity index is 1.38. The number of hydrogen-bond donors (Lipinski definition) is 2. The van der Waals surface area contributed by atoms with Crippen LogP contribution < -0.4 is 10.6 Å². The number of rotatable bonds is 7. The molecule has 0 saturated heterocycles. The summed E-state index contributed by atoms with van der Waals surface area (Å²) in [6.45, 7) is 8.11. The molecule has 0 spiro atoms. The fourth-order valence-corrected chi connectivity index (χ4v) is 5.46. The van der Waals surface area contributed by atoms with E-state index in [4.69, 9.17) is 0 Å². The summed E-state index contributed by atoms with van der Waals surface area (Å²) in [5.74, 6) is 3.28. The van der Waals surface area contributed by atoms with E-state index in [1.54, 1.807) is 19.3 Å². The van der Waals surface area contributed by atoms with Gasteiger partial charge < -0.3 is 10.6 Å². The first-order chi connectivity index (χ1) is 9.15. The summed E-state index contributed by atoms with van der Waals surface area (Å²) < 4.78 is 0. The van der Waals surface area contributed by atoms with Gasteiger partial charge in [0.1, 0.15) is 0 Å². The van der Waals surface area contributed by atoms with Crippen molar-refractivity contribution in [1.82, 2.24) is 10.6 Å². The third-order valence-electron chi connectivity index (χ3n) is 5.75. The van der Waals surface area contributed by atoms with E-state index < -0.39 is 0 Å². The van der Waals surface area contributed by atoms with Gasteiger partial charge in [-0.2, -0.15) is 0 Å². The van der Waals surface area contributed by atoms with Crippen LogP contribution in [-0.2, 0) is 0 Å². The van der Waals surface area contributed by atoms with E-state index in [2.05, 4.69) is 24.5 Å². The molecule has 4 rings (SSSR count). The lowest BCUT2D eigenvalue weighted by atomic mass is 9.49. The molecule has 0 aromatic heterocycles. The predicted molar refractivity (Wildman–Crippen MR) is 81.2 cm³/mol. The zero-order valence-electron chi connectivity index (χ0n) is 12.9. The first kappa shape index (κ1) is 13.9. The molecule has 2 nitrogen and oxygen atoms in total. The van der Waals surface area contributed by atoms with Gasteiger partial charge in [0.25, 0.3) is 0 Å². The molecule has 0 radical (unpaired) electrons. The second-order valence-electron chi connectivity index (χ2n) is 8.06. The molecule has 0 unspecified atom stereocenters. The lowest BCUT2D eigenvalue weighted by Crippen LogP contribution is -2.50. The van der Waals surface area contributed by atoms with Crippen LogP contribution >= 0.6 is 0 Å². The van der Waals surface area contributed by atoms with Crippen LogP contribution in [0, 0.1) is 23.2 Å². The molecule has 4 aliphatic rings. The monoisotopic (exact) mass is 264 g/mol. The minimum Gasteiger partial charge on any atom is -0.316 e. The molecule has 2 N–H and O–H groups in total. The normalized spacial score (nSPS) is 40.3. The van der Waals surface area contributed by atoms with Gasteiger partial charge in [-0.1, -0.05) is 13.8 Å². The van der Waals surface area contributed by atoms with Crippen molar-refractivity contribution in [3.63, 3.8) is 0 Å². The maximum atomic E-state index is 3.78. The van der Waals surface area contributed by atoms with Crippen molar-refractivity contribution in [2.24, 2.45) is 23.2 Å². The average molecular weight is 264 g/mol. The van der Waals surface area contributed by atoms with E-state index in [1.165, 1.54) is 38.8 Å². The molecule has 4 bridgehead atoms. The summed E-state index contributed by atoms with van der Waals surface area (Å²) in [5.41, 5.74) is 0.709. The van der Waals surface area contributed by atoms with Gasteiger partial charge in [0.15, 0.2) is 0 Å². The van der Waals surface area contributed by atoms with Crippen LogP contribution in [0.5, 0.6) is 0 Å². The van der Waals surface area contributed by atoms with Crippen molar-refractivity contribution in [3.05, 3.63) is 0 Å². The molecular weight excluding hydrogens is 232 g/mol. The largest absolute Gasteiger partial charge is 0.316 e. The summed E-state index contributed by atoms with van der Waals surface area (Å²) in [6, 6.07) is 0.628. The van der Waals surface area contributed by atoms with Gasteiger partial charge in [-0.25, -0.2) is 0 Å². The third-order valence-corrected chi connectivity index (χ3v) is 5.75. The van der Waals surface area contributed by atoms with Crippen LogP contribution in [0.4, 0.5) is 0 Å².